The first-order valence-electron chi connectivity index (χ1n) is 10.5. The smallest absolute Gasteiger partial charge is 0.257 e. The zero-order valence-corrected chi connectivity index (χ0v) is 19.2. The van der Waals surface area contributed by atoms with Crippen LogP contribution in [-0.4, -0.2) is 28.2 Å². The number of para-hydroxylation sites is 1. The summed E-state index contributed by atoms with van der Waals surface area (Å²) in [7, 11) is 1.95. The normalized spacial score (nSPS) is 11.5. The molecule has 1 aromatic heterocycles. The third kappa shape index (κ3) is 5.60. The number of hydrogen-bond acceptors (Lipinski definition) is 3. The number of aryl methyl sites for hydroxylation is 5. The number of amides is 1. The Balaban J connectivity index is 1.82. The number of hydrogen-bond donors (Lipinski definition) is 2. The predicted octanol–water partition coefficient (Wildman–Crippen LogP) is 4.40. The third-order valence-corrected chi connectivity index (χ3v) is 5.40. The van der Waals surface area contributed by atoms with Gasteiger partial charge in [0.25, 0.3) is 5.91 Å². The Morgan fingerprint density at radius 1 is 1.03 bits per heavy atom. The first-order chi connectivity index (χ1) is 14.7. The Labute approximate surface area is 184 Å². The Kier molecular flexibility index (Phi) is 6.90. The fraction of sp³-hybridized carbons (Fsp3) is 0.320. The van der Waals surface area contributed by atoms with Crippen LogP contribution < -0.4 is 10.6 Å². The average molecular weight is 418 g/mol. The molecule has 0 aliphatic rings. The third-order valence-electron chi connectivity index (χ3n) is 5.40. The molecule has 0 bridgehead atoms. The van der Waals surface area contributed by atoms with Gasteiger partial charge in [-0.05, 0) is 70.4 Å². The van der Waals surface area contributed by atoms with Gasteiger partial charge >= 0.3 is 0 Å². The van der Waals surface area contributed by atoms with E-state index >= 15 is 0 Å². The second kappa shape index (κ2) is 9.60. The SMILES string of the molecule is Cc1cc(C)cc(C(=O)NC(=NCCc2c(C)nn(C)c2C)Nc2ccccc2C)c1. The van der Waals surface area contributed by atoms with Gasteiger partial charge in [-0.25, -0.2) is 0 Å². The van der Waals surface area contributed by atoms with Crippen molar-refractivity contribution in [3.8, 4) is 0 Å². The number of nitrogens with one attached hydrogen (secondary N) is 2. The maximum atomic E-state index is 12.9. The molecule has 3 aromatic rings. The van der Waals surface area contributed by atoms with Crippen molar-refractivity contribution in [1.82, 2.24) is 15.1 Å². The molecule has 2 aromatic carbocycles. The molecule has 3 rings (SSSR count). The van der Waals surface area contributed by atoms with E-state index in [-0.39, 0.29) is 5.91 Å². The van der Waals surface area contributed by atoms with Gasteiger partial charge in [-0.3, -0.25) is 19.8 Å². The lowest BCUT2D eigenvalue weighted by atomic mass is 10.1. The highest BCUT2D eigenvalue weighted by atomic mass is 16.1. The van der Waals surface area contributed by atoms with E-state index < -0.39 is 0 Å². The van der Waals surface area contributed by atoms with Crippen LogP contribution in [0.25, 0.3) is 0 Å². The Morgan fingerprint density at radius 2 is 1.71 bits per heavy atom. The number of aromatic nitrogens is 2. The minimum atomic E-state index is -0.180. The zero-order chi connectivity index (χ0) is 22.5. The molecule has 0 spiro atoms. The van der Waals surface area contributed by atoms with Crippen molar-refractivity contribution in [2.24, 2.45) is 12.0 Å². The number of carbonyl (C=O) groups is 1. The van der Waals surface area contributed by atoms with Crippen molar-refractivity contribution in [1.29, 1.82) is 0 Å². The Hall–Kier alpha value is -3.41. The summed E-state index contributed by atoms with van der Waals surface area (Å²) < 4.78 is 1.89. The molecule has 6 nitrogen and oxygen atoms in total. The molecule has 0 unspecified atom stereocenters. The molecular formula is C25H31N5O. The lowest BCUT2D eigenvalue weighted by Crippen LogP contribution is -2.36. The van der Waals surface area contributed by atoms with E-state index in [2.05, 4.69) is 28.7 Å². The summed E-state index contributed by atoms with van der Waals surface area (Å²) in [6.45, 7) is 10.6. The summed E-state index contributed by atoms with van der Waals surface area (Å²) >= 11 is 0. The molecule has 1 heterocycles. The quantitative estimate of drug-likeness (QED) is 0.477. The van der Waals surface area contributed by atoms with E-state index in [1.807, 2.05) is 75.8 Å². The van der Waals surface area contributed by atoms with Gasteiger partial charge in [-0.1, -0.05) is 35.4 Å². The second-order valence-corrected chi connectivity index (χ2v) is 8.02. The number of guanidine groups is 1. The van der Waals surface area contributed by atoms with Crippen molar-refractivity contribution in [3.63, 3.8) is 0 Å². The number of carbonyl (C=O) groups excluding carboxylic acids is 1. The fourth-order valence-corrected chi connectivity index (χ4v) is 3.70. The topological polar surface area (TPSA) is 71.3 Å². The van der Waals surface area contributed by atoms with Crippen LogP contribution in [0, 0.1) is 34.6 Å². The number of rotatable bonds is 5. The van der Waals surface area contributed by atoms with E-state index in [9.17, 15) is 4.79 Å². The highest BCUT2D eigenvalue weighted by molar-refractivity contribution is 6.10. The monoisotopic (exact) mass is 417 g/mol. The van der Waals surface area contributed by atoms with Crippen molar-refractivity contribution in [2.75, 3.05) is 11.9 Å². The first kappa shape index (κ1) is 22.3. The molecule has 0 saturated carbocycles. The lowest BCUT2D eigenvalue weighted by Gasteiger charge is -2.14. The van der Waals surface area contributed by atoms with E-state index in [1.165, 1.54) is 5.56 Å². The molecule has 0 radical (unpaired) electrons. The average Bonchev–Trinajstić information content (AvgIpc) is 2.94. The van der Waals surface area contributed by atoms with Gasteiger partial charge in [0.15, 0.2) is 0 Å². The molecule has 2 N–H and O–H groups in total. The van der Waals surface area contributed by atoms with Crippen molar-refractivity contribution < 1.29 is 4.79 Å². The molecule has 0 atom stereocenters. The van der Waals surface area contributed by atoms with Crippen molar-refractivity contribution in [2.45, 2.75) is 41.0 Å². The standard InChI is InChI=1S/C25H31N5O/c1-16-13-17(2)15-21(14-16)24(31)28-25(27-23-10-8-7-9-18(23)3)26-12-11-22-19(4)29-30(6)20(22)5/h7-10,13-15H,11-12H2,1-6H3,(H2,26,27,28,31). The highest BCUT2D eigenvalue weighted by Gasteiger charge is 2.12. The molecule has 0 fully saturated rings. The summed E-state index contributed by atoms with van der Waals surface area (Å²) in [5.41, 5.74) is 8.07. The molecule has 0 aliphatic heterocycles. The first-order valence-corrected chi connectivity index (χ1v) is 10.5. The van der Waals surface area contributed by atoms with Gasteiger partial charge in [-0.15, -0.1) is 0 Å². The summed E-state index contributed by atoms with van der Waals surface area (Å²) in [5, 5.41) is 10.7. The minimum Gasteiger partial charge on any atom is -0.326 e. The second-order valence-electron chi connectivity index (χ2n) is 8.02. The maximum Gasteiger partial charge on any atom is 0.257 e. The van der Waals surface area contributed by atoms with Crippen molar-refractivity contribution >= 4 is 17.6 Å². The van der Waals surface area contributed by atoms with Crippen LogP contribution >= 0.6 is 0 Å². The number of aliphatic imine (C=N–C) groups is 1. The Bertz CT molecular complexity index is 1110. The molecule has 31 heavy (non-hydrogen) atoms. The van der Waals surface area contributed by atoms with Crippen LogP contribution in [0.4, 0.5) is 5.69 Å². The number of nitrogens with zero attached hydrogens (tertiary/aromatic N) is 3. The summed E-state index contributed by atoms with van der Waals surface area (Å²) in [6.07, 6.45) is 0.754. The van der Waals surface area contributed by atoms with Crippen LogP contribution in [-0.2, 0) is 13.5 Å². The number of benzene rings is 2. The van der Waals surface area contributed by atoms with E-state index in [4.69, 9.17) is 4.99 Å². The van der Waals surface area contributed by atoms with Gasteiger partial charge in [0, 0.05) is 30.5 Å². The van der Waals surface area contributed by atoms with Crippen LogP contribution in [0.2, 0.25) is 0 Å². The summed E-state index contributed by atoms with van der Waals surface area (Å²) in [4.78, 5) is 17.6. The lowest BCUT2D eigenvalue weighted by molar-refractivity contribution is 0.0976. The van der Waals surface area contributed by atoms with Crippen LogP contribution in [0.3, 0.4) is 0 Å². The molecule has 0 saturated heterocycles. The fourth-order valence-electron chi connectivity index (χ4n) is 3.70. The van der Waals surface area contributed by atoms with Gasteiger partial charge in [0.1, 0.15) is 0 Å². The van der Waals surface area contributed by atoms with Crippen molar-refractivity contribution in [3.05, 3.63) is 81.7 Å². The van der Waals surface area contributed by atoms with E-state index in [0.717, 1.165) is 40.2 Å². The Morgan fingerprint density at radius 3 is 2.32 bits per heavy atom. The van der Waals surface area contributed by atoms with Crippen LogP contribution in [0.15, 0.2) is 47.5 Å². The molecule has 6 heteroatoms. The highest BCUT2D eigenvalue weighted by Crippen LogP contribution is 2.15. The minimum absolute atomic E-state index is 0.180. The van der Waals surface area contributed by atoms with Crippen LogP contribution in [0.5, 0.6) is 0 Å². The van der Waals surface area contributed by atoms with Gasteiger partial charge < -0.3 is 5.32 Å². The van der Waals surface area contributed by atoms with Crippen LogP contribution in [0.1, 0.15) is 44.0 Å². The molecular weight excluding hydrogens is 386 g/mol. The molecule has 1 amide bonds. The number of anilines is 1. The van der Waals surface area contributed by atoms with E-state index in [0.29, 0.717) is 18.1 Å². The largest absolute Gasteiger partial charge is 0.326 e. The summed E-state index contributed by atoms with van der Waals surface area (Å²) in [6, 6.07) is 13.8. The molecule has 162 valence electrons. The predicted molar refractivity (Wildman–Crippen MR) is 127 cm³/mol. The van der Waals surface area contributed by atoms with Gasteiger partial charge in [0.05, 0.1) is 5.69 Å². The van der Waals surface area contributed by atoms with Gasteiger partial charge in [-0.2, -0.15) is 5.10 Å². The zero-order valence-electron chi connectivity index (χ0n) is 19.2. The van der Waals surface area contributed by atoms with E-state index in [1.54, 1.807) is 0 Å². The van der Waals surface area contributed by atoms with Gasteiger partial charge in [0.2, 0.25) is 5.96 Å². The summed E-state index contributed by atoms with van der Waals surface area (Å²) in [5.74, 6) is 0.262. The maximum absolute atomic E-state index is 12.9. The molecule has 0 aliphatic carbocycles.